The van der Waals surface area contributed by atoms with Gasteiger partial charge in [-0.05, 0) is 25.5 Å². The fourth-order valence-corrected chi connectivity index (χ4v) is 3.13. The summed E-state index contributed by atoms with van der Waals surface area (Å²) < 4.78 is 10.9. The zero-order chi connectivity index (χ0) is 15.5. The number of likely N-dealkylation sites (tertiary alicyclic amines) is 1. The highest BCUT2D eigenvalue weighted by Gasteiger charge is 2.32. The molecule has 2 atom stereocenters. The predicted molar refractivity (Wildman–Crippen MR) is 85.8 cm³/mol. The summed E-state index contributed by atoms with van der Waals surface area (Å²) in [5, 5.41) is 0. The minimum Gasteiger partial charge on any atom is -0.383 e. The number of rotatable bonds is 5. The van der Waals surface area contributed by atoms with E-state index in [1.54, 1.807) is 14.2 Å². The van der Waals surface area contributed by atoms with Gasteiger partial charge in [0.1, 0.15) is 0 Å². The Hall–Kier alpha value is -1.56. The molecular formula is C17H23N3O2. The van der Waals surface area contributed by atoms with Crippen molar-refractivity contribution >= 4 is 11.0 Å². The molecule has 1 saturated heterocycles. The third-order valence-electron chi connectivity index (χ3n) is 4.38. The SMILES string of the molecule is COC[C@@H]1C[C@H](OC)CN1Cc1nc2ccccc2nc1C. The lowest BCUT2D eigenvalue weighted by Gasteiger charge is -2.23. The number of aromatic nitrogens is 2. The van der Waals surface area contributed by atoms with Gasteiger partial charge in [0.25, 0.3) is 0 Å². The number of para-hydroxylation sites is 2. The lowest BCUT2D eigenvalue weighted by molar-refractivity contribution is 0.105. The summed E-state index contributed by atoms with van der Waals surface area (Å²) in [6.07, 6.45) is 1.28. The molecule has 0 bridgehead atoms. The van der Waals surface area contributed by atoms with Crippen molar-refractivity contribution in [3.8, 4) is 0 Å². The summed E-state index contributed by atoms with van der Waals surface area (Å²) in [4.78, 5) is 11.9. The fourth-order valence-electron chi connectivity index (χ4n) is 3.13. The minimum atomic E-state index is 0.272. The molecule has 2 aromatic rings. The van der Waals surface area contributed by atoms with Gasteiger partial charge >= 0.3 is 0 Å². The van der Waals surface area contributed by atoms with Crippen molar-refractivity contribution in [2.24, 2.45) is 0 Å². The Balaban J connectivity index is 1.83. The maximum Gasteiger partial charge on any atom is 0.0890 e. The van der Waals surface area contributed by atoms with Crippen LogP contribution in [0.25, 0.3) is 11.0 Å². The van der Waals surface area contributed by atoms with Crippen molar-refractivity contribution in [1.29, 1.82) is 0 Å². The Morgan fingerprint density at radius 3 is 2.59 bits per heavy atom. The molecule has 1 fully saturated rings. The monoisotopic (exact) mass is 301 g/mol. The molecule has 1 aliphatic heterocycles. The van der Waals surface area contributed by atoms with Gasteiger partial charge in [-0.25, -0.2) is 9.97 Å². The third-order valence-corrected chi connectivity index (χ3v) is 4.38. The van der Waals surface area contributed by atoms with Gasteiger partial charge in [0.05, 0.1) is 35.1 Å². The molecule has 0 aliphatic carbocycles. The molecule has 118 valence electrons. The highest BCUT2D eigenvalue weighted by atomic mass is 16.5. The van der Waals surface area contributed by atoms with E-state index in [1.807, 2.05) is 31.2 Å². The van der Waals surface area contributed by atoms with Crippen molar-refractivity contribution < 1.29 is 9.47 Å². The lowest BCUT2D eigenvalue weighted by atomic mass is 10.2. The van der Waals surface area contributed by atoms with E-state index in [4.69, 9.17) is 14.5 Å². The van der Waals surface area contributed by atoms with E-state index < -0.39 is 0 Å². The Morgan fingerprint density at radius 1 is 1.18 bits per heavy atom. The molecule has 0 radical (unpaired) electrons. The number of methoxy groups -OCH3 is 2. The normalized spacial score (nSPS) is 22.5. The van der Waals surface area contributed by atoms with Gasteiger partial charge in [0.2, 0.25) is 0 Å². The summed E-state index contributed by atoms with van der Waals surface area (Å²) >= 11 is 0. The Bertz CT molecular complexity index is 647. The summed E-state index contributed by atoms with van der Waals surface area (Å²) in [6, 6.07) is 8.39. The van der Waals surface area contributed by atoms with Gasteiger partial charge in [-0.15, -0.1) is 0 Å². The molecule has 0 saturated carbocycles. The molecule has 0 spiro atoms. The first-order valence-corrected chi connectivity index (χ1v) is 7.69. The Morgan fingerprint density at radius 2 is 1.91 bits per heavy atom. The molecular weight excluding hydrogens is 278 g/mol. The van der Waals surface area contributed by atoms with Gasteiger partial charge in [-0.2, -0.15) is 0 Å². The molecule has 3 rings (SSSR count). The number of fused-ring (bicyclic) bond motifs is 1. The van der Waals surface area contributed by atoms with Crippen LogP contribution in [0.15, 0.2) is 24.3 Å². The largest absolute Gasteiger partial charge is 0.383 e. The second kappa shape index (κ2) is 6.69. The fraction of sp³-hybridized carbons (Fsp3) is 0.529. The van der Waals surface area contributed by atoms with Gasteiger partial charge in [0, 0.05) is 33.4 Å². The van der Waals surface area contributed by atoms with E-state index in [0.29, 0.717) is 6.04 Å². The summed E-state index contributed by atoms with van der Waals surface area (Å²) in [6.45, 7) is 4.46. The zero-order valence-corrected chi connectivity index (χ0v) is 13.5. The van der Waals surface area contributed by atoms with E-state index >= 15 is 0 Å². The first-order chi connectivity index (χ1) is 10.7. The van der Waals surface area contributed by atoms with Crippen LogP contribution in [0.4, 0.5) is 0 Å². The van der Waals surface area contributed by atoms with Crippen molar-refractivity contribution in [2.75, 3.05) is 27.4 Å². The summed E-state index contributed by atoms with van der Waals surface area (Å²) in [5.74, 6) is 0. The van der Waals surface area contributed by atoms with Crippen LogP contribution in [0.3, 0.4) is 0 Å². The smallest absolute Gasteiger partial charge is 0.0890 e. The van der Waals surface area contributed by atoms with Crippen LogP contribution in [0, 0.1) is 6.92 Å². The second-order valence-electron chi connectivity index (χ2n) is 5.88. The maximum absolute atomic E-state index is 5.52. The molecule has 1 aromatic carbocycles. The van der Waals surface area contributed by atoms with Crippen LogP contribution in [-0.2, 0) is 16.0 Å². The molecule has 22 heavy (non-hydrogen) atoms. The van der Waals surface area contributed by atoms with Crippen LogP contribution in [0.2, 0.25) is 0 Å². The number of aryl methyl sites for hydroxylation is 1. The van der Waals surface area contributed by atoms with E-state index in [1.165, 1.54) is 0 Å². The Labute approximate surface area is 131 Å². The molecule has 0 amide bonds. The first kappa shape index (κ1) is 15.3. The number of ether oxygens (including phenoxy) is 2. The van der Waals surface area contributed by atoms with E-state index in [2.05, 4.69) is 9.88 Å². The lowest BCUT2D eigenvalue weighted by Crippen LogP contribution is -2.33. The number of hydrogen-bond donors (Lipinski definition) is 0. The summed E-state index contributed by atoms with van der Waals surface area (Å²) in [7, 11) is 3.53. The van der Waals surface area contributed by atoms with Crippen molar-refractivity contribution in [3.63, 3.8) is 0 Å². The zero-order valence-electron chi connectivity index (χ0n) is 13.5. The molecule has 0 unspecified atom stereocenters. The molecule has 1 aromatic heterocycles. The van der Waals surface area contributed by atoms with Gasteiger partial charge in [-0.1, -0.05) is 12.1 Å². The van der Waals surface area contributed by atoms with Crippen LogP contribution >= 0.6 is 0 Å². The van der Waals surface area contributed by atoms with Crippen LogP contribution in [-0.4, -0.2) is 54.4 Å². The Kier molecular flexibility index (Phi) is 4.66. The highest BCUT2D eigenvalue weighted by molar-refractivity contribution is 5.74. The van der Waals surface area contributed by atoms with Crippen LogP contribution in [0.5, 0.6) is 0 Å². The van der Waals surface area contributed by atoms with Crippen LogP contribution in [0.1, 0.15) is 17.8 Å². The van der Waals surface area contributed by atoms with E-state index in [-0.39, 0.29) is 6.10 Å². The molecule has 5 heteroatoms. The number of nitrogens with zero attached hydrogens (tertiary/aromatic N) is 3. The van der Waals surface area contributed by atoms with Crippen LogP contribution < -0.4 is 0 Å². The quantitative estimate of drug-likeness (QED) is 0.847. The highest BCUT2D eigenvalue weighted by Crippen LogP contribution is 2.23. The number of hydrogen-bond acceptors (Lipinski definition) is 5. The van der Waals surface area contributed by atoms with E-state index in [0.717, 1.165) is 48.5 Å². The van der Waals surface area contributed by atoms with Gasteiger partial charge in [-0.3, -0.25) is 4.90 Å². The van der Waals surface area contributed by atoms with Crippen molar-refractivity contribution in [3.05, 3.63) is 35.7 Å². The van der Waals surface area contributed by atoms with E-state index in [9.17, 15) is 0 Å². The number of benzene rings is 1. The third kappa shape index (κ3) is 3.11. The molecule has 5 nitrogen and oxygen atoms in total. The van der Waals surface area contributed by atoms with Gasteiger partial charge in [0.15, 0.2) is 0 Å². The minimum absolute atomic E-state index is 0.272. The average Bonchev–Trinajstić information content (AvgIpc) is 2.90. The second-order valence-corrected chi connectivity index (χ2v) is 5.88. The first-order valence-electron chi connectivity index (χ1n) is 7.69. The molecule has 1 aliphatic rings. The standard InChI is InChI=1S/C17H23N3O2/c1-12-17(19-16-7-5-4-6-15(16)18-12)10-20-9-14(22-3)8-13(20)11-21-2/h4-7,13-14H,8-11H2,1-3H3/t13-,14-/m0/s1. The molecule has 0 N–H and O–H groups in total. The average molecular weight is 301 g/mol. The predicted octanol–water partition coefficient (Wildman–Crippen LogP) is 2.17. The summed E-state index contributed by atoms with van der Waals surface area (Å²) in [5.41, 5.74) is 3.94. The van der Waals surface area contributed by atoms with Crippen molar-refractivity contribution in [1.82, 2.24) is 14.9 Å². The van der Waals surface area contributed by atoms with Crippen molar-refractivity contribution in [2.45, 2.75) is 32.0 Å². The maximum atomic E-state index is 5.52. The molecule has 2 heterocycles. The van der Waals surface area contributed by atoms with Gasteiger partial charge < -0.3 is 9.47 Å². The topological polar surface area (TPSA) is 47.5 Å².